The molecule has 1 N–H and O–H groups in total. The number of aromatic nitrogens is 2. The number of rotatable bonds is 4. The highest BCUT2D eigenvalue weighted by Gasteiger charge is 2.18. The minimum atomic E-state index is -0.464. The van der Waals surface area contributed by atoms with Crippen molar-refractivity contribution in [1.82, 2.24) is 14.9 Å². The normalized spacial score (nSPS) is 14.9. The maximum absolute atomic E-state index is 13.8. The van der Waals surface area contributed by atoms with Crippen molar-refractivity contribution >= 4 is 11.7 Å². The maximum Gasteiger partial charge on any atom is 0.241 e. The van der Waals surface area contributed by atoms with Gasteiger partial charge in [0.1, 0.15) is 6.33 Å². The number of aryl methyl sites for hydroxylation is 1. The van der Waals surface area contributed by atoms with E-state index in [2.05, 4.69) is 15.3 Å². The Hall–Kier alpha value is -1.72. The molecule has 0 atom stereocenters. The van der Waals surface area contributed by atoms with Gasteiger partial charge in [0, 0.05) is 13.1 Å². The van der Waals surface area contributed by atoms with Crippen molar-refractivity contribution in [3.05, 3.63) is 17.8 Å². The second-order valence-electron chi connectivity index (χ2n) is 4.28. The lowest BCUT2D eigenvalue weighted by Crippen LogP contribution is -2.33. The lowest BCUT2D eigenvalue weighted by atomic mass is 10.3. The predicted octanol–water partition coefficient (Wildman–Crippen LogP) is 1.21. The number of hydrogen-bond donors (Lipinski definition) is 1. The van der Waals surface area contributed by atoms with Crippen LogP contribution in [0.1, 0.15) is 25.5 Å². The molecule has 1 aliphatic heterocycles. The van der Waals surface area contributed by atoms with Crippen molar-refractivity contribution in [3.63, 3.8) is 0 Å². The molecule has 0 aromatic carbocycles. The summed E-state index contributed by atoms with van der Waals surface area (Å²) in [6.45, 7) is 3.50. The quantitative estimate of drug-likeness (QED) is 0.875. The number of carbonyl (C=O) groups is 1. The summed E-state index contributed by atoms with van der Waals surface area (Å²) in [6, 6.07) is 0. The van der Waals surface area contributed by atoms with E-state index in [-0.39, 0.29) is 18.3 Å². The Morgan fingerprint density at radius 2 is 2.17 bits per heavy atom. The van der Waals surface area contributed by atoms with E-state index in [1.165, 1.54) is 6.33 Å². The van der Waals surface area contributed by atoms with E-state index in [9.17, 15) is 9.18 Å². The van der Waals surface area contributed by atoms with Crippen molar-refractivity contribution in [2.24, 2.45) is 0 Å². The third kappa shape index (κ3) is 2.75. The summed E-state index contributed by atoms with van der Waals surface area (Å²) in [5, 5.41) is 2.75. The molecule has 0 saturated carbocycles. The average molecular weight is 252 g/mol. The maximum atomic E-state index is 13.8. The van der Waals surface area contributed by atoms with Crippen molar-refractivity contribution in [3.8, 4) is 0 Å². The Labute approximate surface area is 105 Å². The minimum Gasteiger partial charge on any atom is -0.358 e. The highest BCUT2D eigenvalue weighted by Crippen LogP contribution is 2.13. The Bertz CT molecular complexity index is 432. The molecule has 0 radical (unpaired) electrons. The summed E-state index contributed by atoms with van der Waals surface area (Å²) in [7, 11) is 0. The first kappa shape index (κ1) is 12.7. The van der Waals surface area contributed by atoms with Crippen LogP contribution in [0.3, 0.4) is 0 Å². The van der Waals surface area contributed by atoms with Gasteiger partial charge in [-0.25, -0.2) is 14.4 Å². The van der Waals surface area contributed by atoms with Gasteiger partial charge in [-0.05, 0) is 19.3 Å². The van der Waals surface area contributed by atoms with Gasteiger partial charge in [-0.1, -0.05) is 6.92 Å². The fraction of sp³-hybridized carbons (Fsp3) is 0.583. The molecular weight excluding hydrogens is 235 g/mol. The second-order valence-corrected chi connectivity index (χ2v) is 4.28. The van der Waals surface area contributed by atoms with E-state index < -0.39 is 5.82 Å². The van der Waals surface area contributed by atoms with Crippen LogP contribution in [0.15, 0.2) is 6.33 Å². The zero-order valence-electron chi connectivity index (χ0n) is 10.4. The second kappa shape index (κ2) is 5.75. The molecular formula is C12H17FN4O. The molecule has 2 heterocycles. The van der Waals surface area contributed by atoms with Crippen molar-refractivity contribution < 1.29 is 9.18 Å². The zero-order chi connectivity index (χ0) is 13.0. The first-order valence-corrected chi connectivity index (χ1v) is 6.23. The average Bonchev–Trinajstić information content (AvgIpc) is 2.91. The molecule has 2 rings (SSSR count). The standard InChI is InChI=1S/C12H17FN4O/c1-2-9-11(13)12(16-8-15-9)14-7-10(18)17-5-3-4-6-17/h8H,2-7H2,1H3,(H,14,15,16). The lowest BCUT2D eigenvalue weighted by Gasteiger charge is -2.16. The molecule has 98 valence electrons. The Morgan fingerprint density at radius 1 is 1.44 bits per heavy atom. The van der Waals surface area contributed by atoms with Gasteiger partial charge >= 0.3 is 0 Å². The molecule has 1 fully saturated rings. The van der Waals surface area contributed by atoms with E-state index in [0.717, 1.165) is 25.9 Å². The first-order valence-electron chi connectivity index (χ1n) is 6.23. The van der Waals surface area contributed by atoms with Crippen LogP contribution in [0.2, 0.25) is 0 Å². The van der Waals surface area contributed by atoms with Crippen LogP contribution in [0.25, 0.3) is 0 Å². The number of anilines is 1. The summed E-state index contributed by atoms with van der Waals surface area (Å²) in [5.74, 6) is -0.368. The number of nitrogens with one attached hydrogen (secondary N) is 1. The lowest BCUT2D eigenvalue weighted by molar-refractivity contribution is -0.128. The van der Waals surface area contributed by atoms with Gasteiger partial charge in [-0.3, -0.25) is 4.79 Å². The predicted molar refractivity (Wildman–Crippen MR) is 65.7 cm³/mol. The van der Waals surface area contributed by atoms with Crippen LogP contribution in [0.4, 0.5) is 10.2 Å². The number of hydrogen-bond acceptors (Lipinski definition) is 4. The Kier molecular flexibility index (Phi) is 4.07. The molecule has 0 unspecified atom stereocenters. The number of halogens is 1. The van der Waals surface area contributed by atoms with Crippen LogP contribution in [0.5, 0.6) is 0 Å². The van der Waals surface area contributed by atoms with E-state index in [1.807, 2.05) is 6.92 Å². The van der Waals surface area contributed by atoms with Gasteiger partial charge < -0.3 is 10.2 Å². The molecule has 1 aromatic rings. The van der Waals surface area contributed by atoms with Crippen molar-refractivity contribution in [1.29, 1.82) is 0 Å². The van der Waals surface area contributed by atoms with Crippen LogP contribution >= 0.6 is 0 Å². The third-order valence-corrected chi connectivity index (χ3v) is 3.06. The van der Waals surface area contributed by atoms with E-state index >= 15 is 0 Å². The zero-order valence-corrected chi connectivity index (χ0v) is 10.4. The molecule has 1 saturated heterocycles. The minimum absolute atomic E-state index is 0.0106. The highest BCUT2D eigenvalue weighted by molar-refractivity contribution is 5.80. The fourth-order valence-electron chi connectivity index (χ4n) is 2.01. The molecule has 1 aliphatic rings. The van der Waals surface area contributed by atoms with Gasteiger partial charge in [0.15, 0.2) is 11.6 Å². The topological polar surface area (TPSA) is 58.1 Å². The number of nitrogens with zero attached hydrogens (tertiary/aromatic N) is 3. The van der Waals surface area contributed by atoms with Gasteiger partial charge in [-0.15, -0.1) is 0 Å². The smallest absolute Gasteiger partial charge is 0.241 e. The SMILES string of the molecule is CCc1ncnc(NCC(=O)N2CCCC2)c1F. The van der Waals surface area contributed by atoms with Gasteiger partial charge in [0.25, 0.3) is 0 Å². The van der Waals surface area contributed by atoms with E-state index in [0.29, 0.717) is 12.1 Å². The van der Waals surface area contributed by atoms with Crippen LogP contribution in [-0.4, -0.2) is 40.4 Å². The van der Waals surface area contributed by atoms with Crippen LogP contribution < -0.4 is 5.32 Å². The molecule has 0 aliphatic carbocycles. The Morgan fingerprint density at radius 3 is 2.83 bits per heavy atom. The molecule has 0 spiro atoms. The van der Waals surface area contributed by atoms with E-state index in [1.54, 1.807) is 4.90 Å². The number of carbonyl (C=O) groups excluding carboxylic acids is 1. The molecule has 1 aromatic heterocycles. The summed E-state index contributed by atoms with van der Waals surface area (Å²) < 4.78 is 13.8. The third-order valence-electron chi connectivity index (χ3n) is 3.06. The summed E-state index contributed by atoms with van der Waals surface area (Å²) in [4.78, 5) is 21.2. The number of amides is 1. The fourth-order valence-corrected chi connectivity index (χ4v) is 2.01. The monoisotopic (exact) mass is 252 g/mol. The largest absolute Gasteiger partial charge is 0.358 e. The number of likely N-dealkylation sites (tertiary alicyclic amines) is 1. The van der Waals surface area contributed by atoms with Gasteiger partial charge in [0.2, 0.25) is 5.91 Å². The van der Waals surface area contributed by atoms with Gasteiger partial charge in [0.05, 0.1) is 12.2 Å². The van der Waals surface area contributed by atoms with Crippen molar-refractivity contribution in [2.45, 2.75) is 26.2 Å². The first-order chi connectivity index (χ1) is 8.72. The summed E-state index contributed by atoms with van der Waals surface area (Å²) in [6.07, 6.45) is 3.91. The van der Waals surface area contributed by atoms with Crippen LogP contribution in [0, 0.1) is 5.82 Å². The van der Waals surface area contributed by atoms with Crippen molar-refractivity contribution in [2.75, 3.05) is 25.0 Å². The molecule has 6 heteroatoms. The van der Waals surface area contributed by atoms with Crippen LogP contribution in [-0.2, 0) is 11.2 Å². The molecule has 1 amide bonds. The van der Waals surface area contributed by atoms with Gasteiger partial charge in [-0.2, -0.15) is 0 Å². The molecule has 18 heavy (non-hydrogen) atoms. The molecule has 5 nitrogen and oxygen atoms in total. The summed E-state index contributed by atoms with van der Waals surface area (Å²) >= 11 is 0. The van der Waals surface area contributed by atoms with E-state index in [4.69, 9.17) is 0 Å². The summed E-state index contributed by atoms with van der Waals surface area (Å²) in [5.41, 5.74) is 0.362. The Balaban J connectivity index is 1.95. The molecule has 0 bridgehead atoms. The highest BCUT2D eigenvalue weighted by atomic mass is 19.1.